The lowest BCUT2D eigenvalue weighted by Crippen LogP contribution is -2.13. The third-order valence-electron chi connectivity index (χ3n) is 2.11. The third kappa shape index (κ3) is 1.54. The van der Waals surface area contributed by atoms with Crippen molar-refractivity contribution >= 4 is 16.7 Å². The number of H-pyrrole nitrogens is 1. The zero-order valence-corrected chi connectivity index (χ0v) is 7.75. The first kappa shape index (κ1) is 10.3. The zero-order chi connectivity index (χ0) is 11.9. The molecule has 0 aliphatic rings. The van der Waals surface area contributed by atoms with Crippen molar-refractivity contribution in [3.8, 4) is 0 Å². The van der Waals surface area contributed by atoms with Gasteiger partial charge in [0.15, 0.2) is 0 Å². The number of aromatic carboxylic acids is 1. The molecule has 6 heteroatoms. The van der Waals surface area contributed by atoms with Crippen molar-refractivity contribution in [1.29, 1.82) is 0 Å². The van der Waals surface area contributed by atoms with E-state index in [-0.39, 0.29) is 10.8 Å². The van der Waals surface area contributed by atoms with Crippen LogP contribution in [-0.2, 0) is 0 Å². The van der Waals surface area contributed by atoms with E-state index in [2.05, 4.69) is 0 Å². The summed E-state index contributed by atoms with van der Waals surface area (Å²) in [7, 11) is 0. The minimum absolute atomic E-state index is 0.220. The van der Waals surface area contributed by atoms with Gasteiger partial charge in [-0.15, -0.1) is 0 Å². The number of hydrogen-bond acceptors (Lipinski definition) is 2. The van der Waals surface area contributed by atoms with Crippen molar-refractivity contribution in [2.45, 2.75) is 0 Å². The average molecular weight is 225 g/mol. The summed E-state index contributed by atoms with van der Waals surface area (Å²) in [4.78, 5) is 24.0. The number of aromatic amines is 1. The van der Waals surface area contributed by atoms with Gasteiger partial charge >= 0.3 is 5.97 Å². The highest BCUT2D eigenvalue weighted by atomic mass is 19.1. The number of nitrogens with one attached hydrogen (secondary N) is 1. The molecule has 0 fully saturated rings. The lowest BCUT2D eigenvalue weighted by molar-refractivity contribution is 0.0690. The van der Waals surface area contributed by atoms with Crippen LogP contribution in [-0.4, -0.2) is 16.1 Å². The molecule has 0 saturated heterocycles. The van der Waals surface area contributed by atoms with Crippen molar-refractivity contribution in [3.63, 3.8) is 0 Å². The molecule has 0 radical (unpaired) electrons. The number of carbonyl (C=O) groups is 1. The summed E-state index contributed by atoms with van der Waals surface area (Å²) in [5, 5.41) is 8.21. The van der Waals surface area contributed by atoms with Crippen LogP contribution in [0.1, 0.15) is 10.5 Å². The Kier molecular flexibility index (Phi) is 2.19. The Labute approximate surface area is 87.1 Å². The molecule has 0 amide bonds. The lowest BCUT2D eigenvalue weighted by atomic mass is 10.1. The molecular weight excluding hydrogens is 220 g/mol. The fourth-order valence-electron chi connectivity index (χ4n) is 1.40. The highest BCUT2D eigenvalue weighted by Crippen LogP contribution is 2.16. The van der Waals surface area contributed by atoms with Crippen LogP contribution in [0.15, 0.2) is 23.0 Å². The summed E-state index contributed by atoms with van der Waals surface area (Å²) < 4.78 is 26.1. The van der Waals surface area contributed by atoms with Crippen molar-refractivity contribution < 1.29 is 18.7 Å². The monoisotopic (exact) mass is 225 g/mol. The zero-order valence-electron chi connectivity index (χ0n) is 7.75. The Morgan fingerprint density at radius 3 is 2.50 bits per heavy atom. The summed E-state index contributed by atoms with van der Waals surface area (Å²) >= 11 is 0. The Morgan fingerprint density at radius 2 is 1.88 bits per heavy atom. The highest BCUT2D eigenvalue weighted by Gasteiger charge is 2.11. The van der Waals surface area contributed by atoms with Crippen LogP contribution in [0.2, 0.25) is 0 Å². The van der Waals surface area contributed by atoms with Crippen LogP contribution in [0.5, 0.6) is 0 Å². The Bertz CT molecular complexity index is 648. The van der Waals surface area contributed by atoms with Crippen LogP contribution in [0, 0.1) is 11.6 Å². The van der Waals surface area contributed by atoms with E-state index >= 15 is 0 Å². The number of aromatic nitrogens is 1. The second kappa shape index (κ2) is 3.41. The Hall–Kier alpha value is -2.24. The van der Waals surface area contributed by atoms with E-state index in [1.165, 1.54) is 0 Å². The number of rotatable bonds is 1. The van der Waals surface area contributed by atoms with Gasteiger partial charge in [-0.05, 0) is 12.1 Å². The van der Waals surface area contributed by atoms with Crippen LogP contribution in [0.25, 0.3) is 10.8 Å². The van der Waals surface area contributed by atoms with E-state index in [4.69, 9.17) is 5.11 Å². The summed E-state index contributed by atoms with van der Waals surface area (Å²) in [6.07, 6.45) is 0. The maximum atomic E-state index is 13.3. The molecule has 2 aromatic rings. The highest BCUT2D eigenvalue weighted by molar-refractivity contribution is 5.92. The molecule has 0 saturated carbocycles. The van der Waals surface area contributed by atoms with Crippen LogP contribution in [0.3, 0.4) is 0 Å². The Balaban J connectivity index is 2.93. The number of carboxylic acids is 1. The van der Waals surface area contributed by atoms with Crippen molar-refractivity contribution in [1.82, 2.24) is 4.98 Å². The molecule has 0 bridgehead atoms. The lowest BCUT2D eigenvalue weighted by Gasteiger charge is -2.01. The quantitative estimate of drug-likeness (QED) is 0.772. The van der Waals surface area contributed by atoms with Gasteiger partial charge in [-0.25, -0.2) is 13.6 Å². The topological polar surface area (TPSA) is 70.2 Å². The predicted molar refractivity (Wildman–Crippen MR) is 51.4 cm³/mol. The van der Waals surface area contributed by atoms with E-state index in [9.17, 15) is 18.4 Å². The second-order valence-corrected chi connectivity index (χ2v) is 3.17. The third-order valence-corrected chi connectivity index (χ3v) is 2.11. The molecule has 16 heavy (non-hydrogen) atoms. The number of hydrogen-bond donors (Lipinski definition) is 2. The number of halogens is 2. The van der Waals surface area contributed by atoms with E-state index in [0.29, 0.717) is 6.07 Å². The summed E-state index contributed by atoms with van der Waals surface area (Å²) in [6.45, 7) is 0. The first-order valence-electron chi connectivity index (χ1n) is 4.24. The molecule has 0 aliphatic heterocycles. The number of fused-ring (bicyclic) bond motifs is 1. The maximum absolute atomic E-state index is 13.3. The first-order valence-corrected chi connectivity index (χ1v) is 4.24. The largest absolute Gasteiger partial charge is 0.477 e. The van der Waals surface area contributed by atoms with E-state index < -0.39 is 28.9 Å². The van der Waals surface area contributed by atoms with Gasteiger partial charge in [0.25, 0.3) is 5.56 Å². The Morgan fingerprint density at radius 1 is 1.19 bits per heavy atom. The molecule has 1 heterocycles. The first-order chi connectivity index (χ1) is 7.49. The molecule has 0 atom stereocenters. The van der Waals surface area contributed by atoms with Crippen molar-refractivity contribution in [3.05, 3.63) is 45.9 Å². The molecule has 82 valence electrons. The van der Waals surface area contributed by atoms with Crippen LogP contribution < -0.4 is 5.56 Å². The van der Waals surface area contributed by atoms with Crippen molar-refractivity contribution in [2.75, 3.05) is 0 Å². The van der Waals surface area contributed by atoms with Gasteiger partial charge in [-0.3, -0.25) is 4.79 Å². The van der Waals surface area contributed by atoms with Gasteiger partial charge in [-0.2, -0.15) is 0 Å². The average Bonchev–Trinajstić information content (AvgIpc) is 2.19. The second-order valence-electron chi connectivity index (χ2n) is 3.17. The smallest absolute Gasteiger partial charge is 0.352 e. The number of pyridine rings is 1. The van der Waals surface area contributed by atoms with Gasteiger partial charge in [0, 0.05) is 11.5 Å². The molecular formula is C10H5F2NO3. The summed E-state index contributed by atoms with van der Waals surface area (Å²) in [5.74, 6) is -3.25. The number of benzene rings is 1. The number of carboxylic acid groups (broad SMARTS) is 1. The summed E-state index contributed by atoms with van der Waals surface area (Å²) in [5.41, 5.74) is -1.28. The van der Waals surface area contributed by atoms with Gasteiger partial charge < -0.3 is 10.1 Å². The van der Waals surface area contributed by atoms with E-state index in [1.807, 2.05) is 4.98 Å². The van der Waals surface area contributed by atoms with Gasteiger partial charge in [-0.1, -0.05) is 0 Å². The van der Waals surface area contributed by atoms with Gasteiger partial charge in [0.05, 0.1) is 5.39 Å². The maximum Gasteiger partial charge on any atom is 0.352 e. The normalized spacial score (nSPS) is 10.6. The molecule has 2 N–H and O–H groups in total. The van der Waals surface area contributed by atoms with Gasteiger partial charge in [0.1, 0.15) is 17.3 Å². The minimum Gasteiger partial charge on any atom is -0.477 e. The fourth-order valence-corrected chi connectivity index (χ4v) is 1.40. The molecule has 1 aromatic heterocycles. The molecule has 0 aliphatic carbocycles. The van der Waals surface area contributed by atoms with Crippen LogP contribution >= 0.6 is 0 Å². The van der Waals surface area contributed by atoms with Gasteiger partial charge in [0.2, 0.25) is 0 Å². The SMILES string of the molecule is O=C(O)c1cc2c(F)cc(F)cc2c(=O)[nH]1. The molecule has 0 unspecified atom stereocenters. The van der Waals surface area contributed by atoms with E-state index in [0.717, 1.165) is 12.1 Å². The molecule has 2 rings (SSSR count). The summed E-state index contributed by atoms with van der Waals surface area (Å²) in [6, 6.07) is 2.39. The minimum atomic E-state index is -1.39. The van der Waals surface area contributed by atoms with Crippen molar-refractivity contribution in [2.24, 2.45) is 0 Å². The standard InChI is InChI=1S/C10H5F2NO3/c11-4-1-6-5(7(12)2-4)3-8(10(15)16)13-9(6)14/h1-3H,(H,13,14)(H,15,16). The van der Waals surface area contributed by atoms with Crippen LogP contribution in [0.4, 0.5) is 8.78 Å². The molecule has 4 nitrogen and oxygen atoms in total. The fraction of sp³-hybridized carbons (Fsp3) is 0. The predicted octanol–water partition coefficient (Wildman–Crippen LogP) is 1.50. The molecule has 0 spiro atoms. The molecule has 1 aromatic carbocycles. The van der Waals surface area contributed by atoms with E-state index in [1.54, 1.807) is 0 Å².